The number of rotatable bonds is 2. The lowest BCUT2D eigenvalue weighted by Crippen LogP contribution is -2.28. The first-order chi connectivity index (χ1) is 8.65. The molecule has 2 aromatic rings. The number of aromatic nitrogens is 1. The Labute approximate surface area is 105 Å². The van der Waals surface area contributed by atoms with Gasteiger partial charge >= 0.3 is 0 Å². The number of anilines is 2. The summed E-state index contributed by atoms with van der Waals surface area (Å²) in [5.41, 5.74) is 3.68. The molecule has 0 saturated heterocycles. The number of hydrogen-bond acceptors (Lipinski definition) is 3. The van der Waals surface area contributed by atoms with Crippen molar-refractivity contribution in [2.45, 2.75) is 0 Å². The Kier molecular flexibility index (Phi) is 2.40. The molecule has 0 radical (unpaired) electrons. The molecule has 0 spiro atoms. The van der Waals surface area contributed by atoms with E-state index in [-0.39, 0.29) is 0 Å². The van der Waals surface area contributed by atoms with Crippen molar-refractivity contribution in [2.24, 2.45) is 0 Å². The zero-order valence-electron chi connectivity index (χ0n) is 10.00. The molecule has 2 heterocycles. The third-order valence-electron chi connectivity index (χ3n) is 3.01. The van der Waals surface area contributed by atoms with E-state index in [0.29, 0.717) is 0 Å². The first-order valence-electron chi connectivity index (χ1n) is 5.73. The van der Waals surface area contributed by atoms with Crippen LogP contribution >= 0.6 is 0 Å². The Hall–Kier alpha value is -2.17. The third kappa shape index (κ3) is 1.88. The maximum atomic E-state index is 12.0. The summed E-state index contributed by atoms with van der Waals surface area (Å²) in [4.78, 5) is 3.97. The molecule has 1 aromatic heterocycles. The van der Waals surface area contributed by atoms with Crippen molar-refractivity contribution >= 4 is 23.1 Å². The number of hydrogen-bond donors (Lipinski definition) is 1. The van der Waals surface area contributed by atoms with E-state index in [1.54, 1.807) is 25.6 Å². The second-order valence-corrected chi connectivity index (χ2v) is 4.44. The minimum atomic E-state index is -0.440. The predicted molar refractivity (Wildman–Crippen MR) is 74.1 cm³/mol. The fraction of sp³-hybridized carbons (Fsp3) is 0.0714. The lowest BCUT2D eigenvalue weighted by atomic mass is 10.1. The summed E-state index contributed by atoms with van der Waals surface area (Å²) in [5, 5.41) is 15.3. The number of fused-ring (bicyclic) bond motifs is 1. The molecule has 0 aliphatic carbocycles. The summed E-state index contributed by atoms with van der Waals surface area (Å²) in [6, 6.07) is 9.56. The topological polar surface area (TPSA) is 48.0 Å². The highest BCUT2D eigenvalue weighted by molar-refractivity contribution is 5.77. The Morgan fingerprint density at radius 3 is 2.67 bits per heavy atom. The highest BCUT2D eigenvalue weighted by Crippen LogP contribution is 2.35. The summed E-state index contributed by atoms with van der Waals surface area (Å²) in [5.74, 6) is 0. The molecule has 1 aliphatic heterocycles. The van der Waals surface area contributed by atoms with Crippen LogP contribution in [-0.4, -0.2) is 12.0 Å². The molecule has 0 saturated carbocycles. The van der Waals surface area contributed by atoms with E-state index in [1.807, 2.05) is 36.4 Å². The van der Waals surface area contributed by atoms with Crippen LogP contribution in [0.5, 0.6) is 0 Å². The molecule has 4 nitrogen and oxygen atoms in total. The molecule has 1 unspecified atom stereocenters. The highest BCUT2D eigenvalue weighted by atomic mass is 16.5. The Morgan fingerprint density at radius 2 is 1.89 bits per heavy atom. The number of quaternary nitrogens is 1. The highest BCUT2D eigenvalue weighted by Gasteiger charge is 2.21. The van der Waals surface area contributed by atoms with Gasteiger partial charge in [-0.1, -0.05) is 0 Å². The van der Waals surface area contributed by atoms with Crippen molar-refractivity contribution in [2.75, 3.05) is 12.4 Å². The van der Waals surface area contributed by atoms with E-state index in [9.17, 15) is 5.21 Å². The summed E-state index contributed by atoms with van der Waals surface area (Å²) < 4.78 is -0.440. The number of pyridine rings is 1. The molecule has 1 atom stereocenters. The van der Waals surface area contributed by atoms with E-state index in [4.69, 9.17) is 0 Å². The van der Waals surface area contributed by atoms with Gasteiger partial charge in [-0.2, -0.15) is 0 Å². The lowest BCUT2D eigenvalue weighted by Gasteiger charge is -2.31. The van der Waals surface area contributed by atoms with Gasteiger partial charge in [0.15, 0.2) is 0 Å². The number of hydroxylamine groups is 2. The van der Waals surface area contributed by atoms with Gasteiger partial charge in [-0.15, -0.1) is 0 Å². The van der Waals surface area contributed by atoms with E-state index >= 15 is 0 Å². The van der Waals surface area contributed by atoms with E-state index < -0.39 is 4.65 Å². The van der Waals surface area contributed by atoms with Crippen LogP contribution in [0.25, 0.3) is 6.08 Å². The van der Waals surface area contributed by atoms with Crippen LogP contribution < -0.4 is 9.96 Å². The summed E-state index contributed by atoms with van der Waals surface area (Å²) in [7, 11) is 1.62. The van der Waals surface area contributed by atoms with Gasteiger partial charge < -0.3 is 15.2 Å². The van der Waals surface area contributed by atoms with Crippen molar-refractivity contribution in [3.63, 3.8) is 0 Å². The summed E-state index contributed by atoms with van der Waals surface area (Å²) >= 11 is 0. The van der Waals surface area contributed by atoms with Crippen LogP contribution in [0.4, 0.5) is 17.1 Å². The predicted octanol–water partition coefficient (Wildman–Crippen LogP) is 3.24. The monoisotopic (exact) mass is 239 g/mol. The van der Waals surface area contributed by atoms with Crippen molar-refractivity contribution in [1.82, 2.24) is 9.63 Å². The molecule has 1 aromatic carbocycles. The minimum Gasteiger partial charge on any atom is -0.622 e. The van der Waals surface area contributed by atoms with Crippen LogP contribution in [0.1, 0.15) is 5.56 Å². The van der Waals surface area contributed by atoms with Crippen LogP contribution in [0.15, 0.2) is 48.9 Å². The zero-order valence-corrected chi connectivity index (χ0v) is 10.00. The van der Waals surface area contributed by atoms with Crippen molar-refractivity contribution < 1.29 is 0 Å². The number of nitrogens with one attached hydrogen (secondary N) is 1. The second kappa shape index (κ2) is 3.94. The molecule has 18 heavy (non-hydrogen) atoms. The average Bonchev–Trinajstić information content (AvgIpc) is 2.66. The van der Waals surface area contributed by atoms with Gasteiger partial charge in [0, 0.05) is 41.5 Å². The van der Waals surface area contributed by atoms with Crippen LogP contribution in [-0.2, 0) is 0 Å². The normalized spacial score (nSPS) is 20.8. The van der Waals surface area contributed by atoms with Gasteiger partial charge in [-0.05, 0) is 24.3 Å². The van der Waals surface area contributed by atoms with Crippen molar-refractivity contribution in [1.29, 1.82) is 0 Å². The quantitative estimate of drug-likeness (QED) is 0.646. The lowest BCUT2D eigenvalue weighted by molar-refractivity contribution is 0.613. The Bertz CT molecular complexity index is 606. The molecule has 90 valence electrons. The molecule has 3 rings (SSSR count). The second-order valence-electron chi connectivity index (χ2n) is 4.44. The van der Waals surface area contributed by atoms with E-state index in [2.05, 4.69) is 10.3 Å². The van der Waals surface area contributed by atoms with Gasteiger partial charge in [-0.25, -0.2) is 0 Å². The molecular weight excluding hydrogens is 226 g/mol. The molecule has 4 heteroatoms. The van der Waals surface area contributed by atoms with Gasteiger partial charge in [0.25, 0.3) is 0 Å². The zero-order chi connectivity index (χ0) is 12.6. The largest absolute Gasteiger partial charge is 0.622 e. The van der Waals surface area contributed by atoms with Gasteiger partial charge in [0.1, 0.15) is 11.9 Å². The standard InChI is InChI=1S/C14H13N3O/c1-17(18)9-6-11-10-13(2-3-14(11)17)16-12-4-7-15-8-5-12/h2-10H,1H3,(H,15,16). The Morgan fingerprint density at radius 1 is 1.11 bits per heavy atom. The molecule has 0 amide bonds. The fourth-order valence-corrected chi connectivity index (χ4v) is 2.07. The van der Waals surface area contributed by atoms with E-state index in [1.165, 1.54) is 0 Å². The molecule has 1 aliphatic rings. The molecule has 0 bridgehead atoms. The maximum absolute atomic E-state index is 12.0. The number of benzene rings is 1. The minimum absolute atomic E-state index is 0.440. The third-order valence-corrected chi connectivity index (χ3v) is 3.01. The molecule has 0 fully saturated rings. The van der Waals surface area contributed by atoms with Gasteiger partial charge in [-0.3, -0.25) is 4.98 Å². The molecular formula is C14H13N3O. The fourth-order valence-electron chi connectivity index (χ4n) is 2.07. The SMILES string of the molecule is C[N+]1([O-])C=Cc2cc(Nc3ccncc3)ccc21. The number of nitrogens with zero attached hydrogens (tertiary/aromatic N) is 2. The van der Waals surface area contributed by atoms with Crippen molar-refractivity contribution in [3.05, 3.63) is 59.7 Å². The van der Waals surface area contributed by atoms with Crippen LogP contribution in [0.2, 0.25) is 0 Å². The molecule has 1 N–H and O–H groups in total. The van der Waals surface area contributed by atoms with Crippen LogP contribution in [0, 0.1) is 5.21 Å². The van der Waals surface area contributed by atoms with Gasteiger partial charge in [0.2, 0.25) is 0 Å². The summed E-state index contributed by atoms with van der Waals surface area (Å²) in [6.45, 7) is 0. The van der Waals surface area contributed by atoms with E-state index in [0.717, 1.165) is 22.6 Å². The smallest absolute Gasteiger partial charge is 0.144 e. The first-order valence-corrected chi connectivity index (χ1v) is 5.73. The first kappa shape index (κ1) is 11.0. The summed E-state index contributed by atoms with van der Waals surface area (Å²) in [6.07, 6.45) is 6.98. The van der Waals surface area contributed by atoms with Gasteiger partial charge in [0.05, 0.1) is 7.05 Å². The van der Waals surface area contributed by atoms with Crippen LogP contribution in [0.3, 0.4) is 0 Å². The average molecular weight is 239 g/mol. The maximum Gasteiger partial charge on any atom is 0.144 e. The van der Waals surface area contributed by atoms with Crippen molar-refractivity contribution in [3.8, 4) is 0 Å². The Balaban J connectivity index is 1.91.